The van der Waals surface area contributed by atoms with Gasteiger partial charge in [0.15, 0.2) is 0 Å². The number of hydrogen-bond acceptors (Lipinski definition) is 3. The van der Waals surface area contributed by atoms with E-state index in [1.54, 1.807) is 0 Å². The summed E-state index contributed by atoms with van der Waals surface area (Å²) >= 11 is 0. The predicted molar refractivity (Wildman–Crippen MR) is 72.3 cm³/mol. The summed E-state index contributed by atoms with van der Waals surface area (Å²) in [6.45, 7) is 4.45. The Balaban J connectivity index is 1.67. The van der Waals surface area contributed by atoms with E-state index in [-0.39, 0.29) is 0 Å². The lowest BCUT2D eigenvalue weighted by Crippen LogP contribution is -2.48. The van der Waals surface area contributed by atoms with Crippen LogP contribution in [-0.4, -0.2) is 39.1 Å². The van der Waals surface area contributed by atoms with Gasteiger partial charge in [0.1, 0.15) is 0 Å². The van der Waals surface area contributed by atoms with E-state index in [9.17, 15) is 0 Å². The van der Waals surface area contributed by atoms with Crippen molar-refractivity contribution >= 4 is 0 Å². The average molecular weight is 248 g/mol. The Morgan fingerprint density at radius 3 is 2.67 bits per heavy atom. The molecule has 100 valence electrons. The van der Waals surface area contributed by atoms with Crippen molar-refractivity contribution in [2.75, 3.05) is 6.54 Å². The van der Waals surface area contributed by atoms with E-state index < -0.39 is 0 Å². The second kappa shape index (κ2) is 5.02. The molecule has 1 aromatic rings. The maximum atomic E-state index is 4.22. The minimum atomic E-state index is 0.753. The summed E-state index contributed by atoms with van der Waals surface area (Å²) in [5, 5.41) is 3.73. The van der Waals surface area contributed by atoms with Gasteiger partial charge in [0, 0.05) is 37.9 Å². The fraction of sp³-hybridized carbons (Fsp3) is 0.786. The highest BCUT2D eigenvalue weighted by atomic mass is 15.2. The van der Waals surface area contributed by atoms with Crippen LogP contribution in [0.2, 0.25) is 0 Å². The van der Waals surface area contributed by atoms with Crippen LogP contribution in [0, 0.1) is 0 Å². The molecule has 0 aromatic carbocycles. The molecule has 2 fully saturated rings. The van der Waals surface area contributed by atoms with E-state index in [1.165, 1.54) is 31.4 Å². The molecule has 0 amide bonds. The first-order chi connectivity index (χ1) is 8.76. The Bertz CT molecular complexity index is 388. The van der Waals surface area contributed by atoms with Crippen molar-refractivity contribution in [1.29, 1.82) is 0 Å². The molecule has 4 heteroatoms. The Kier molecular flexibility index (Phi) is 3.39. The first-order valence-electron chi connectivity index (χ1n) is 7.21. The number of rotatable bonds is 4. The van der Waals surface area contributed by atoms with Gasteiger partial charge in [-0.05, 0) is 32.2 Å². The molecule has 3 heterocycles. The minimum Gasteiger partial charge on any atom is -0.337 e. The van der Waals surface area contributed by atoms with Gasteiger partial charge in [-0.25, -0.2) is 4.98 Å². The van der Waals surface area contributed by atoms with Crippen molar-refractivity contribution in [3.8, 4) is 0 Å². The maximum absolute atomic E-state index is 4.22. The van der Waals surface area contributed by atoms with Crippen molar-refractivity contribution in [2.45, 2.75) is 57.3 Å². The average Bonchev–Trinajstić information content (AvgIpc) is 2.92. The molecule has 0 saturated carbocycles. The van der Waals surface area contributed by atoms with Crippen LogP contribution in [0.5, 0.6) is 0 Å². The summed E-state index contributed by atoms with van der Waals surface area (Å²) in [7, 11) is 2.09. The van der Waals surface area contributed by atoms with Crippen molar-refractivity contribution in [1.82, 2.24) is 19.8 Å². The van der Waals surface area contributed by atoms with E-state index in [4.69, 9.17) is 0 Å². The molecule has 2 saturated heterocycles. The van der Waals surface area contributed by atoms with Crippen LogP contribution < -0.4 is 5.32 Å². The Morgan fingerprint density at radius 2 is 2.11 bits per heavy atom. The standard InChI is InChI=1S/C14H24N4/c1-3-18(9-14-8-15-10-17(14)2)13-6-11-4-5-12(7-13)16-11/h8,10-13,16H,3-7,9H2,1-2H3. The molecule has 18 heavy (non-hydrogen) atoms. The monoisotopic (exact) mass is 248 g/mol. The quantitative estimate of drug-likeness (QED) is 0.877. The van der Waals surface area contributed by atoms with Crippen LogP contribution in [0.4, 0.5) is 0 Å². The van der Waals surface area contributed by atoms with E-state index in [2.05, 4.69) is 33.7 Å². The van der Waals surface area contributed by atoms with Crippen molar-refractivity contribution in [2.24, 2.45) is 7.05 Å². The maximum Gasteiger partial charge on any atom is 0.0945 e. The molecule has 4 nitrogen and oxygen atoms in total. The number of aryl methyl sites for hydroxylation is 1. The molecule has 0 radical (unpaired) electrons. The van der Waals surface area contributed by atoms with Gasteiger partial charge >= 0.3 is 0 Å². The third-order valence-corrected chi connectivity index (χ3v) is 4.65. The van der Waals surface area contributed by atoms with Gasteiger partial charge in [-0.3, -0.25) is 4.90 Å². The summed E-state index contributed by atoms with van der Waals surface area (Å²) in [6, 6.07) is 2.30. The fourth-order valence-electron chi connectivity index (χ4n) is 3.57. The van der Waals surface area contributed by atoms with Crippen molar-refractivity contribution in [3.05, 3.63) is 18.2 Å². The number of fused-ring (bicyclic) bond motifs is 2. The third kappa shape index (κ3) is 2.31. The van der Waals surface area contributed by atoms with Crippen LogP contribution in [0.1, 0.15) is 38.3 Å². The van der Waals surface area contributed by atoms with Crippen molar-refractivity contribution in [3.63, 3.8) is 0 Å². The second-order valence-electron chi connectivity index (χ2n) is 5.82. The van der Waals surface area contributed by atoms with Gasteiger partial charge < -0.3 is 9.88 Å². The Labute approximate surface area is 109 Å². The molecule has 2 aliphatic rings. The molecule has 2 atom stereocenters. The van der Waals surface area contributed by atoms with Gasteiger partial charge in [0.2, 0.25) is 0 Å². The van der Waals surface area contributed by atoms with Crippen LogP contribution >= 0.6 is 0 Å². The zero-order chi connectivity index (χ0) is 12.5. The molecule has 3 rings (SSSR count). The summed E-state index contributed by atoms with van der Waals surface area (Å²) < 4.78 is 2.14. The molecule has 2 unspecified atom stereocenters. The smallest absolute Gasteiger partial charge is 0.0945 e. The summed E-state index contributed by atoms with van der Waals surface area (Å²) in [6.07, 6.45) is 9.30. The predicted octanol–water partition coefficient (Wildman–Crippen LogP) is 1.53. The van der Waals surface area contributed by atoms with Gasteiger partial charge in [-0.15, -0.1) is 0 Å². The molecule has 0 spiro atoms. The fourth-order valence-corrected chi connectivity index (χ4v) is 3.57. The van der Waals surface area contributed by atoms with Gasteiger partial charge in [-0.2, -0.15) is 0 Å². The second-order valence-corrected chi connectivity index (χ2v) is 5.82. The normalized spacial score (nSPS) is 31.2. The lowest BCUT2D eigenvalue weighted by molar-refractivity contribution is 0.138. The summed E-state index contributed by atoms with van der Waals surface area (Å²) in [5.74, 6) is 0. The molecule has 1 N–H and O–H groups in total. The van der Waals surface area contributed by atoms with E-state index in [0.717, 1.165) is 31.2 Å². The first-order valence-corrected chi connectivity index (χ1v) is 7.21. The number of hydrogen-bond donors (Lipinski definition) is 1. The SMILES string of the molecule is CCN(Cc1cncn1C)C1CC2CCC(C1)N2. The number of nitrogens with zero attached hydrogens (tertiary/aromatic N) is 3. The Hall–Kier alpha value is -0.870. The highest BCUT2D eigenvalue weighted by molar-refractivity contribution is 5.00. The number of piperidine rings is 1. The van der Waals surface area contributed by atoms with Gasteiger partial charge in [-0.1, -0.05) is 6.92 Å². The molecule has 0 aliphatic carbocycles. The van der Waals surface area contributed by atoms with E-state index >= 15 is 0 Å². The highest BCUT2D eigenvalue weighted by Gasteiger charge is 2.35. The van der Waals surface area contributed by atoms with Crippen LogP contribution in [0.3, 0.4) is 0 Å². The zero-order valence-electron chi connectivity index (χ0n) is 11.5. The topological polar surface area (TPSA) is 33.1 Å². The zero-order valence-corrected chi connectivity index (χ0v) is 11.5. The van der Waals surface area contributed by atoms with Crippen LogP contribution in [-0.2, 0) is 13.6 Å². The van der Waals surface area contributed by atoms with E-state index in [0.29, 0.717) is 0 Å². The van der Waals surface area contributed by atoms with Crippen LogP contribution in [0.15, 0.2) is 12.5 Å². The number of aromatic nitrogens is 2. The Morgan fingerprint density at radius 1 is 1.39 bits per heavy atom. The number of nitrogens with one attached hydrogen (secondary N) is 1. The highest BCUT2D eigenvalue weighted by Crippen LogP contribution is 2.30. The largest absolute Gasteiger partial charge is 0.337 e. The molecular weight excluding hydrogens is 224 g/mol. The molecular formula is C14H24N4. The van der Waals surface area contributed by atoms with Crippen LogP contribution in [0.25, 0.3) is 0 Å². The van der Waals surface area contributed by atoms with Gasteiger partial charge in [0.05, 0.1) is 12.0 Å². The lowest BCUT2D eigenvalue weighted by Gasteiger charge is -2.37. The summed E-state index contributed by atoms with van der Waals surface area (Å²) in [5.41, 5.74) is 1.32. The third-order valence-electron chi connectivity index (χ3n) is 4.65. The molecule has 1 aromatic heterocycles. The molecule has 2 bridgehead atoms. The lowest BCUT2D eigenvalue weighted by atomic mass is 9.98. The molecule has 2 aliphatic heterocycles. The van der Waals surface area contributed by atoms with Gasteiger partial charge in [0.25, 0.3) is 0 Å². The van der Waals surface area contributed by atoms with E-state index in [1.807, 2.05) is 12.5 Å². The summed E-state index contributed by atoms with van der Waals surface area (Å²) in [4.78, 5) is 6.85. The first kappa shape index (κ1) is 12.2. The number of imidazole rings is 1. The van der Waals surface area contributed by atoms with Crippen molar-refractivity contribution < 1.29 is 0 Å². The minimum absolute atomic E-state index is 0.753.